The molecule has 6 heteroatoms. The van der Waals surface area contributed by atoms with Crippen LogP contribution in [-0.2, 0) is 14.3 Å². The van der Waals surface area contributed by atoms with E-state index >= 15 is 0 Å². The molecule has 0 saturated carbocycles. The number of ether oxygens (including phenoxy) is 2. The highest BCUT2D eigenvalue weighted by Crippen LogP contribution is 2.44. The lowest BCUT2D eigenvalue weighted by molar-refractivity contribution is -0.139. The lowest BCUT2D eigenvalue weighted by Gasteiger charge is -2.17. The van der Waals surface area contributed by atoms with Crippen LogP contribution in [0.4, 0.5) is 4.79 Å². The molecular weight excluding hydrogens is 334 g/mol. The predicted octanol–water partition coefficient (Wildman–Crippen LogP) is 2.77. The summed E-state index contributed by atoms with van der Waals surface area (Å²) < 4.78 is 10.4. The number of aliphatic carboxylic acids is 1. The Balaban J connectivity index is 1.44. The van der Waals surface area contributed by atoms with Crippen molar-refractivity contribution in [3.8, 4) is 11.1 Å². The molecule has 1 fully saturated rings. The monoisotopic (exact) mass is 353 g/mol. The maximum absolute atomic E-state index is 12.1. The molecule has 0 spiro atoms. The summed E-state index contributed by atoms with van der Waals surface area (Å²) in [5.74, 6) is -1.14. The molecule has 2 atom stereocenters. The minimum Gasteiger partial charge on any atom is -0.480 e. The van der Waals surface area contributed by atoms with Crippen molar-refractivity contribution < 1.29 is 24.2 Å². The average molecular weight is 353 g/mol. The number of epoxide rings is 1. The quantitative estimate of drug-likeness (QED) is 0.780. The van der Waals surface area contributed by atoms with Gasteiger partial charge in [-0.15, -0.1) is 0 Å². The number of carbonyl (C=O) groups excluding carboxylic acids is 1. The Morgan fingerprint density at radius 3 is 2.23 bits per heavy atom. The number of alkyl carbamates (subject to hydrolysis) is 1. The van der Waals surface area contributed by atoms with Gasteiger partial charge in [-0.25, -0.2) is 9.59 Å². The summed E-state index contributed by atoms with van der Waals surface area (Å²) in [4.78, 5) is 23.4. The van der Waals surface area contributed by atoms with Crippen molar-refractivity contribution in [1.82, 2.24) is 5.32 Å². The van der Waals surface area contributed by atoms with E-state index in [1.165, 1.54) is 0 Å². The van der Waals surface area contributed by atoms with Gasteiger partial charge in [0, 0.05) is 12.3 Å². The molecule has 1 heterocycles. The minimum atomic E-state index is -1.09. The Morgan fingerprint density at radius 1 is 1.12 bits per heavy atom. The summed E-state index contributed by atoms with van der Waals surface area (Å²) >= 11 is 0. The molecule has 2 aromatic rings. The van der Waals surface area contributed by atoms with Gasteiger partial charge in [0.25, 0.3) is 0 Å². The molecule has 1 amide bonds. The molecule has 1 saturated heterocycles. The van der Waals surface area contributed by atoms with Crippen molar-refractivity contribution in [2.45, 2.75) is 24.5 Å². The van der Waals surface area contributed by atoms with Crippen molar-refractivity contribution in [1.29, 1.82) is 0 Å². The maximum atomic E-state index is 12.1. The zero-order chi connectivity index (χ0) is 18.1. The standard InChI is InChI=1S/C20H19NO5/c22-19(23)18(9-12-10-25-12)21-20(24)26-11-17-15-7-3-1-5-13(15)14-6-2-4-8-16(14)17/h1-8,12,17-18H,9-11H2,(H,21,24)(H,22,23)/t12?,18-/m0/s1. The predicted molar refractivity (Wildman–Crippen MR) is 94.0 cm³/mol. The molecule has 2 aromatic carbocycles. The van der Waals surface area contributed by atoms with E-state index in [-0.39, 0.29) is 25.0 Å². The smallest absolute Gasteiger partial charge is 0.407 e. The summed E-state index contributed by atoms with van der Waals surface area (Å²) in [6, 6.07) is 15.1. The van der Waals surface area contributed by atoms with Crippen molar-refractivity contribution in [2.24, 2.45) is 0 Å². The van der Waals surface area contributed by atoms with Crippen LogP contribution in [0.15, 0.2) is 48.5 Å². The normalized spacial score (nSPS) is 18.5. The third-order valence-electron chi connectivity index (χ3n) is 4.83. The molecule has 2 N–H and O–H groups in total. The number of hydrogen-bond donors (Lipinski definition) is 2. The van der Waals surface area contributed by atoms with Gasteiger partial charge in [-0.3, -0.25) is 0 Å². The molecule has 0 aromatic heterocycles. The van der Waals surface area contributed by atoms with Crippen LogP contribution in [0.1, 0.15) is 23.5 Å². The molecular formula is C20H19NO5. The number of carboxylic acids is 1. The summed E-state index contributed by atoms with van der Waals surface area (Å²) in [6.07, 6.45) is -0.565. The van der Waals surface area contributed by atoms with Crippen LogP contribution < -0.4 is 5.32 Å². The van der Waals surface area contributed by atoms with Gasteiger partial charge in [-0.05, 0) is 22.3 Å². The van der Waals surface area contributed by atoms with Crippen LogP contribution in [0.5, 0.6) is 0 Å². The van der Waals surface area contributed by atoms with E-state index in [1.54, 1.807) is 0 Å². The largest absolute Gasteiger partial charge is 0.480 e. The molecule has 1 unspecified atom stereocenters. The molecule has 1 aliphatic heterocycles. The van der Waals surface area contributed by atoms with Gasteiger partial charge in [0.15, 0.2) is 0 Å². The Morgan fingerprint density at radius 2 is 1.69 bits per heavy atom. The molecule has 1 aliphatic carbocycles. The van der Waals surface area contributed by atoms with Crippen LogP contribution in [0.25, 0.3) is 11.1 Å². The van der Waals surface area contributed by atoms with Gasteiger partial charge < -0.3 is 19.9 Å². The van der Waals surface area contributed by atoms with Crippen molar-refractivity contribution in [2.75, 3.05) is 13.2 Å². The topological polar surface area (TPSA) is 88.2 Å². The Bertz CT molecular complexity index is 800. The first-order valence-corrected chi connectivity index (χ1v) is 8.59. The first-order valence-electron chi connectivity index (χ1n) is 8.59. The number of benzene rings is 2. The van der Waals surface area contributed by atoms with E-state index in [1.807, 2.05) is 36.4 Å². The molecule has 0 bridgehead atoms. The van der Waals surface area contributed by atoms with Gasteiger partial charge in [-0.1, -0.05) is 48.5 Å². The highest BCUT2D eigenvalue weighted by Gasteiger charge is 2.33. The second kappa shape index (κ2) is 6.80. The average Bonchev–Trinajstić information content (AvgIpc) is 3.40. The number of carbonyl (C=O) groups is 2. The third kappa shape index (κ3) is 3.28. The van der Waals surface area contributed by atoms with E-state index < -0.39 is 18.1 Å². The van der Waals surface area contributed by atoms with Crippen molar-refractivity contribution in [3.63, 3.8) is 0 Å². The van der Waals surface area contributed by atoms with Gasteiger partial charge in [0.1, 0.15) is 12.6 Å². The van der Waals surface area contributed by atoms with E-state index in [4.69, 9.17) is 9.47 Å². The Labute approximate surface area is 150 Å². The Hall–Kier alpha value is -2.86. The number of amides is 1. The number of nitrogens with one attached hydrogen (secondary N) is 1. The zero-order valence-corrected chi connectivity index (χ0v) is 14.1. The lowest BCUT2D eigenvalue weighted by atomic mass is 9.98. The number of carboxylic acid groups (broad SMARTS) is 1. The Kier molecular flexibility index (Phi) is 4.34. The number of hydrogen-bond acceptors (Lipinski definition) is 4. The number of rotatable bonds is 6. The summed E-state index contributed by atoms with van der Waals surface area (Å²) in [5.41, 5.74) is 4.52. The summed E-state index contributed by atoms with van der Waals surface area (Å²) in [5, 5.41) is 11.6. The maximum Gasteiger partial charge on any atom is 0.407 e. The number of fused-ring (bicyclic) bond motifs is 3. The molecule has 134 valence electrons. The molecule has 4 rings (SSSR count). The van der Waals surface area contributed by atoms with Crippen molar-refractivity contribution in [3.05, 3.63) is 59.7 Å². The highest BCUT2D eigenvalue weighted by atomic mass is 16.6. The molecule has 6 nitrogen and oxygen atoms in total. The van der Waals surface area contributed by atoms with E-state index in [0.29, 0.717) is 6.61 Å². The SMILES string of the molecule is O=C(N[C@@H](CC1CO1)C(=O)O)OCC1c2ccccc2-c2ccccc21. The van der Waals surface area contributed by atoms with Crippen LogP contribution in [0.2, 0.25) is 0 Å². The summed E-state index contributed by atoms with van der Waals surface area (Å²) in [7, 11) is 0. The second-order valence-electron chi connectivity index (χ2n) is 6.55. The van der Waals surface area contributed by atoms with Gasteiger partial charge >= 0.3 is 12.1 Å². The van der Waals surface area contributed by atoms with Crippen LogP contribution >= 0.6 is 0 Å². The van der Waals surface area contributed by atoms with Crippen LogP contribution in [0.3, 0.4) is 0 Å². The first kappa shape index (κ1) is 16.6. The molecule has 2 aliphatic rings. The zero-order valence-electron chi connectivity index (χ0n) is 14.1. The fourth-order valence-corrected chi connectivity index (χ4v) is 3.47. The lowest BCUT2D eigenvalue weighted by Crippen LogP contribution is -2.42. The van der Waals surface area contributed by atoms with Crippen LogP contribution in [-0.4, -0.2) is 42.5 Å². The van der Waals surface area contributed by atoms with Crippen LogP contribution in [0, 0.1) is 0 Å². The first-order chi connectivity index (χ1) is 12.6. The van der Waals surface area contributed by atoms with Gasteiger partial charge in [0.05, 0.1) is 12.7 Å². The molecule has 26 heavy (non-hydrogen) atoms. The summed E-state index contributed by atoms with van der Waals surface area (Å²) in [6.45, 7) is 0.697. The van der Waals surface area contributed by atoms with E-state index in [2.05, 4.69) is 17.4 Å². The van der Waals surface area contributed by atoms with E-state index in [9.17, 15) is 14.7 Å². The molecule has 0 radical (unpaired) electrons. The second-order valence-corrected chi connectivity index (χ2v) is 6.55. The fourth-order valence-electron chi connectivity index (χ4n) is 3.47. The fraction of sp³-hybridized carbons (Fsp3) is 0.300. The van der Waals surface area contributed by atoms with Crippen molar-refractivity contribution >= 4 is 12.1 Å². The minimum absolute atomic E-state index is 0.0526. The van der Waals surface area contributed by atoms with Gasteiger partial charge in [0.2, 0.25) is 0 Å². The third-order valence-corrected chi connectivity index (χ3v) is 4.83. The van der Waals surface area contributed by atoms with E-state index in [0.717, 1.165) is 22.3 Å². The van der Waals surface area contributed by atoms with Gasteiger partial charge in [-0.2, -0.15) is 0 Å². The highest BCUT2D eigenvalue weighted by molar-refractivity contribution is 5.81.